The Morgan fingerprint density at radius 1 is 1.14 bits per heavy atom. The zero-order chi connectivity index (χ0) is 15.9. The molecule has 0 fully saturated rings. The molecule has 1 heterocycles. The van der Waals surface area contributed by atoms with Crippen LogP contribution in [0, 0.1) is 6.92 Å². The Bertz CT molecular complexity index is 560. The van der Waals surface area contributed by atoms with Crippen molar-refractivity contribution in [3.05, 3.63) is 11.4 Å². The van der Waals surface area contributed by atoms with Gasteiger partial charge in [-0.3, -0.25) is 0 Å². The van der Waals surface area contributed by atoms with Crippen molar-refractivity contribution in [2.24, 2.45) is 5.14 Å². The molecule has 0 saturated heterocycles. The molecule has 1 aromatic heterocycles. The third-order valence-corrected chi connectivity index (χ3v) is 3.77. The minimum atomic E-state index is -3.41. The summed E-state index contributed by atoms with van der Waals surface area (Å²) in [5.41, 5.74) is 0.937. The molecule has 1 rings (SSSR count). The third-order valence-electron chi connectivity index (χ3n) is 2.91. The number of hydrogen-bond acceptors (Lipinski definition) is 6. The number of aryl methyl sites for hydroxylation is 1. The second kappa shape index (κ2) is 8.14. The summed E-state index contributed by atoms with van der Waals surface area (Å²) in [6.07, 6.45) is 2.23. The normalized spacial score (nSPS) is 11.4. The van der Waals surface area contributed by atoms with Crippen molar-refractivity contribution in [2.75, 3.05) is 29.5 Å². The van der Waals surface area contributed by atoms with Crippen LogP contribution < -0.4 is 15.8 Å². The predicted molar refractivity (Wildman–Crippen MR) is 86.0 cm³/mol. The van der Waals surface area contributed by atoms with Crippen LogP contribution in [-0.4, -0.2) is 37.2 Å². The molecule has 0 aromatic carbocycles. The van der Waals surface area contributed by atoms with E-state index in [4.69, 9.17) is 5.14 Å². The van der Waals surface area contributed by atoms with Gasteiger partial charge >= 0.3 is 0 Å². The van der Waals surface area contributed by atoms with Gasteiger partial charge in [-0.15, -0.1) is 0 Å². The molecule has 0 aliphatic rings. The highest BCUT2D eigenvalue weighted by Gasteiger charge is 2.10. The van der Waals surface area contributed by atoms with E-state index in [1.165, 1.54) is 0 Å². The lowest BCUT2D eigenvalue weighted by Crippen LogP contribution is -2.19. The standard InChI is InChI=1S/C13H25N5O2S/c1-4-7-11-17-12(15-5-2)10(3)13(18-11)16-8-6-9-21(14,19)20/h4-9H2,1-3H3,(H2,14,19,20)(H2,15,16,17,18). The second-order valence-corrected chi connectivity index (χ2v) is 6.62. The summed E-state index contributed by atoms with van der Waals surface area (Å²) in [4.78, 5) is 9.00. The molecule has 0 radical (unpaired) electrons. The fourth-order valence-electron chi connectivity index (χ4n) is 1.89. The minimum Gasteiger partial charge on any atom is -0.370 e. The smallest absolute Gasteiger partial charge is 0.209 e. The fourth-order valence-corrected chi connectivity index (χ4v) is 2.44. The number of anilines is 2. The van der Waals surface area contributed by atoms with Crippen molar-refractivity contribution in [3.8, 4) is 0 Å². The van der Waals surface area contributed by atoms with Gasteiger partial charge in [0.1, 0.15) is 17.5 Å². The topological polar surface area (TPSA) is 110 Å². The highest BCUT2D eigenvalue weighted by molar-refractivity contribution is 7.89. The first-order chi connectivity index (χ1) is 9.87. The second-order valence-electron chi connectivity index (χ2n) is 4.89. The van der Waals surface area contributed by atoms with E-state index in [9.17, 15) is 8.42 Å². The van der Waals surface area contributed by atoms with E-state index in [2.05, 4.69) is 27.5 Å². The van der Waals surface area contributed by atoms with E-state index in [0.717, 1.165) is 42.4 Å². The number of primary sulfonamides is 1. The van der Waals surface area contributed by atoms with Crippen LogP contribution in [-0.2, 0) is 16.4 Å². The molecule has 7 nitrogen and oxygen atoms in total. The molecule has 0 aliphatic carbocycles. The number of hydrogen-bond donors (Lipinski definition) is 3. The van der Waals surface area contributed by atoms with Crippen molar-refractivity contribution in [3.63, 3.8) is 0 Å². The maximum atomic E-state index is 10.9. The van der Waals surface area contributed by atoms with Crippen LogP contribution in [0.1, 0.15) is 38.1 Å². The molecule has 0 unspecified atom stereocenters. The molecule has 0 bridgehead atoms. The summed E-state index contributed by atoms with van der Waals surface area (Å²) in [5, 5.41) is 11.4. The van der Waals surface area contributed by atoms with Crippen LogP contribution in [0.25, 0.3) is 0 Å². The molecule has 0 amide bonds. The molecule has 0 saturated carbocycles. The van der Waals surface area contributed by atoms with Crippen LogP contribution in [0.5, 0.6) is 0 Å². The van der Waals surface area contributed by atoms with Gasteiger partial charge in [0.2, 0.25) is 10.0 Å². The van der Waals surface area contributed by atoms with Gasteiger partial charge in [0.25, 0.3) is 0 Å². The Hall–Kier alpha value is -1.41. The average molecular weight is 315 g/mol. The largest absolute Gasteiger partial charge is 0.370 e. The zero-order valence-corrected chi connectivity index (χ0v) is 13.8. The quantitative estimate of drug-likeness (QED) is 0.592. The van der Waals surface area contributed by atoms with E-state index in [0.29, 0.717) is 13.0 Å². The molecule has 4 N–H and O–H groups in total. The zero-order valence-electron chi connectivity index (χ0n) is 12.9. The molecule has 8 heteroatoms. The lowest BCUT2D eigenvalue weighted by molar-refractivity contribution is 0.595. The van der Waals surface area contributed by atoms with Gasteiger partial charge in [-0.1, -0.05) is 6.92 Å². The van der Waals surface area contributed by atoms with Gasteiger partial charge in [-0.25, -0.2) is 23.5 Å². The number of nitrogens with two attached hydrogens (primary N) is 1. The lowest BCUT2D eigenvalue weighted by atomic mass is 10.2. The lowest BCUT2D eigenvalue weighted by Gasteiger charge is -2.14. The van der Waals surface area contributed by atoms with Crippen molar-refractivity contribution < 1.29 is 8.42 Å². The molecule has 21 heavy (non-hydrogen) atoms. The van der Waals surface area contributed by atoms with E-state index >= 15 is 0 Å². The SMILES string of the molecule is CCCc1nc(NCC)c(C)c(NCCCS(N)(=O)=O)n1. The Morgan fingerprint density at radius 2 is 1.76 bits per heavy atom. The maximum absolute atomic E-state index is 10.9. The summed E-state index contributed by atoms with van der Waals surface area (Å²) in [6.45, 7) is 7.32. The number of nitrogens with one attached hydrogen (secondary N) is 2. The Balaban J connectivity index is 2.79. The predicted octanol–water partition coefficient (Wildman–Crippen LogP) is 1.26. The molecular formula is C13H25N5O2S. The molecule has 0 aliphatic heterocycles. The average Bonchev–Trinajstić information content (AvgIpc) is 2.39. The first-order valence-corrected chi connectivity index (χ1v) is 8.94. The van der Waals surface area contributed by atoms with Crippen molar-refractivity contribution >= 4 is 21.7 Å². The molecular weight excluding hydrogens is 290 g/mol. The highest BCUT2D eigenvalue weighted by atomic mass is 32.2. The number of nitrogens with zero attached hydrogens (tertiary/aromatic N) is 2. The van der Waals surface area contributed by atoms with Gasteiger partial charge in [-0.2, -0.15) is 0 Å². The number of rotatable bonds is 9. The molecule has 1 aromatic rings. The summed E-state index contributed by atoms with van der Waals surface area (Å²) < 4.78 is 21.8. The van der Waals surface area contributed by atoms with Gasteiger partial charge in [-0.05, 0) is 26.7 Å². The van der Waals surface area contributed by atoms with Gasteiger partial charge in [0, 0.05) is 25.1 Å². The van der Waals surface area contributed by atoms with Crippen LogP contribution in [0.2, 0.25) is 0 Å². The Labute approximate surface area is 126 Å². The van der Waals surface area contributed by atoms with Crippen molar-refractivity contribution in [1.82, 2.24) is 9.97 Å². The minimum absolute atomic E-state index is 0.0357. The van der Waals surface area contributed by atoms with Gasteiger partial charge in [0.05, 0.1) is 5.75 Å². The summed E-state index contributed by atoms with van der Waals surface area (Å²) in [6, 6.07) is 0. The molecule has 120 valence electrons. The van der Waals surface area contributed by atoms with Gasteiger partial charge < -0.3 is 10.6 Å². The van der Waals surface area contributed by atoms with E-state index in [1.54, 1.807) is 0 Å². The van der Waals surface area contributed by atoms with Crippen molar-refractivity contribution in [1.29, 1.82) is 0 Å². The van der Waals surface area contributed by atoms with E-state index in [-0.39, 0.29) is 5.75 Å². The first kappa shape index (κ1) is 17.6. The van der Waals surface area contributed by atoms with Crippen LogP contribution in [0.3, 0.4) is 0 Å². The van der Waals surface area contributed by atoms with E-state index in [1.807, 2.05) is 13.8 Å². The summed E-state index contributed by atoms with van der Waals surface area (Å²) in [7, 11) is -3.41. The summed E-state index contributed by atoms with van der Waals surface area (Å²) in [5.74, 6) is 2.32. The van der Waals surface area contributed by atoms with Crippen molar-refractivity contribution in [2.45, 2.75) is 40.0 Å². The number of sulfonamides is 1. The number of aromatic nitrogens is 2. The monoisotopic (exact) mass is 315 g/mol. The molecule has 0 atom stereocenters. The molecule has 0 spiro atoms. The van der Waals surface area contributed by atoms with E-state index < -0.39 is 10.0 Å². The maximum Gasteiger partial charge on any atom is 0.209 e. The Kier molecular flexibility index (Phi) is 6.83. The van der Waals surface area contributed by atoms with Crippen LogP contribution in [0.4, 0.5) is 11.6 Å². The van der Waals surface area contributed by atoms with Crippen LogP contribution >= 0.6 is 0 Å². The Morgan fingerprint density at radius 3 is 2.29 bits per heavy atom. The van der Waals surface area contributed by atoms with Gasteiger partial charge in [0.15, 0.2) is 0 Å². The summed E-state index contributed by atoms with van der Waals surface area (Å²) >= 11 is 0. The first-order valence-electron chi connectivity index (χ1n) is 7.23. The third kappa shape index (κ3) is 6.26. The van der Waals surface area contributed by atoms with Crippen LogP contribution in [0.15, 0.2) is 0 Å². The highest BCUT2D eigenvalue weighted by Crippen LogP contribution is 2.20. The fraction of sp³-hybridized carbons (Fsp3) is 0.692.